The molecule has 1 aromatic rings. The molecular weight excluding hydrogens is 247 g/mol. The highest BCUT2D eigenvalue weighted by atomic mass is 19.1. The van der Waals surface area contributed by atoms with Crippen molar-refractivity contribution in [2.24, 2.45) is 5.73 Å². The summed E-state index contributed by atoms with van der Waals surface area (Å²) in [4.78, 5) is 11.5. The van der Waals surface area contributed by atoms with Gasteiger partial charge in [0.1, 0.15) is 5.82 Å². The standard InChI is InChI=1S/C14H21FN2O2/c1-10(16)3-6-14(18)17-8-11-4-5-13(15)12(7-11)9-19-2/h4-5,7,10H,3,6,8-9,16H2,1-2H3,(H,17,18). The highest BCUT2D eigenvalue weighted by Gasteiger charge is 2.06. The van der Waals surface area contributed by atoms with Crippen molar-refractivity contribution < 1.29 is 13.9 Å². The van der Waals surface area contributed by atoms with Crippen LogP contribution in [0.5, 0.6) is 0 Å². The molecule has 0 aliphatic carbocycles. The van der Waals surface area contributed by atoms with Crippen LogP contribution in [-0.2, 0) is 22.7 Å². The first kappa shape index (κ1) is 15.6. The van der Waals surface area contributed by atoms with Gasteiger partial charge in [-0.05, 0) is 31.0 Å². The van der Waals surface area contributed by atoms with Crippen molar-refractivity contribution in [3.05, 3.63) is 35.1 Å². The van der Waals surface area contributed by atoms with E-state index in [1.54, 1.807) is 12.1 Å². The Bertz CT molecular complexity index is 422. The van der Waals surface area contributed by atoms with Gasteiger partial charge in [0.15, 0.2) is 0 Å². The molecule has 5 heteroatoms. The molecule has 0 fully saturated rings. The highest BCUT2D eigenvalue weighted by molar-refractivity contribution is 5.75. The van der Waals surface area contributed by atoms with Crippen molar-refractivity contribution in [1.29, 1.82) is 0 Å². The molecule has 0 heterocycles. The van der Waals surface area contributed by atoms with Gasteiger partial charge in [0, 0.05) is 31.7 Å². The lowest BCUT2D eigenvalue weighted by Crippen LogP contribution is -2.25. The first-order chi connectivity index (χ1) is 9.02. The molecule has 106 valence electrons. The van der Waals surface area contributed by atoms with E-state index in [2.05, 4.69) is 5.32 Å². The monoisotopic (exact) mass is 268 g/mol. The van der Waals surface area contributed by atoms with Crippen molar-refractivity contribution >= 4 is 5.91 Å². The number of rotatable bonds is 7. The fourth-order valence-corrected chi connectivity index (χ4v) is 1.65. The summed E-state index contributed by atoms with van der Waals surface area (Å²) < 4.78 is 18.3. The summed E-state index contributed by atoms with van der Waals surface area (Å²) in [7, 11) is 1.52. The Balaban J connectivity index is 2.49. The number of halogens is 1. The molecule has 3 N–H and O–H groups in total. The van der Waals surface area contributed by atoms with E-state index in [9.17, 15) is 9.18 Å². The summed E-state index contributed by atoms with van der Waals surface area (Å²) in [5.74, 6) is -0.344. The third kappa shape index (κ3) is 5.81. The fourth-order valence-electron chi connectivity index (χ4n) is 1.65. The Hall–Kier alpha value is -1.46. The first-order valence-corrected chi connectivity index (χ1v) is 6.31. The van der Waals surface area contributed by atoms with E-state index in [0.29, 0.717) is 24.9 Å². The number of carbonyl (C=O) groups excluding carboxylic acids is 1. The number of ether oxygens (including phenoxy) is 1. The van der Waals surface area contributed by atoms with Crippen LogP contribution in [0.15, 0.2) is 18.2 Å². The summed E-state index contributed by atoms with van der Waals surface area (Å²) in [6, 6.07) is 4.76. The van der Waals surface area contributed by atoms with Crippen LogP contribution in [0, 0.1) is 5.82 Å². The van der Waals surface area contributed by atoms with E-state index in [1.807, 2.05) is 6.92 Å². The molecule has 0 aromatic heterocycles. The van der Waals surface area contributed by atoms with Crippen LogP contribution in [0.25, 0.3) is 0 Å². The lowest BCUT2D eigenvalue weighted by atomic mass is 10.1. The number of benzene rings is 1. The zero-order valence-corrected chi connectivity index (χ0v) is 11.4. The molecule has 1 unspecified atom stereocenters. The van der Waals surface area contributed by atoms with E-state index >= 15 is 0 Å². The van der Waals surface area contributed by atoms with Crippen LogP contribution in [0.1, 0.15) is 30.9 Å². The first-order valence-electron chi connectivity index (χ1n) is 6.31. The summed E-state index contributed by atoms with van der Waals surface area (Å²) in [6.45, 7) is 2.47. The van der Waals surface area contributed by atoms with Gasteiger partial charge in [-0.25, -0.2) is 4.39 Å². The third-order valence-electron chi connectivity index (χ3n) is 2.73. The van der Waals surface area contributed by atoms with Gasteiger partial charge in [-0.2, -0.15) is 0 Å². The molecular formula is C14H21FN2O2. The molecule has 0 radical (unpaired) electrons. The van der Waals surface area contributed by atoms with Crippen LogP contribution in [0.2, 0.25) is 0 Å². The smallest absolute Gasteiger partial charge is 0.220 e. The van der Waals surface area contributed by atoms with Crippen LogP contribution in [0.4, 0.5) is 4.39 Å². The highest BCUT2D eigenvalue weighted by Crippen LogP contribution is 2.11. The second-order valence-corrected chi connectivity index (χ2v) is 4.65. The molecule has 19 heavy (non-hydrogen) atoms. The molecule has 1 aromatic carbocycles. The van der Waals surface area contributed by atoms with Gasteiger partial charge in [-0.15, -0.1) is 0 Å². The third-order valence-corrected chi connectivity index (χ3v) is 2.73. The Morgan fingerprint density at radius 3 is 2.89 bits per heavy atom. The molecule has 0 saturated carbocycles. The zero-order valence-electron chi connectivity index (χ0n) is 11.4. The van der Waals surface area contributed by atoms with E-state index in [0.717, 1.165) is 5.56 Å². The minimum Gasteiger partial charge on any atom is -0.380 e. The number of nitrogens with one attached hydrogen (secondary N) is 1. The maximum Gasteiger partial charge on any atom is 0.220 e. The van der Waals surface area contributed by atoms with E-state index < -0.39 is 0 Å². The minimum atomic E-state index is -0.297. The van der Waals surface area contributed by atoms with Gasteiger partial charge >= 0.3 is 0 Å². The molecule has 4 nitrogen and oxygen atoms in total. The quantitative estimate of drug-likeness (QED) is 0.791. The summed E-state index contributed by atoms with van der Waals surface area (Å²) in [5.41, 5.74) is 6.92. The van der Waals surface area contributed by atoms with Gasteiger partial charge in [-0.3, -0.25) is 4.79 Å². The predicted octanol–water partition coefficient (Wildman–Crippen LogP) is 1.72. The SMILES string of the molecule is COCc1cc(CNC(=O)CCC(C)N)ccc1F. The van der Waals surface area contributed by atoms with Crippen molar-refractivity contribution in [2.75, 3.05) is 7.11 Å². The maximum atomic E-state index is 13.4. The van der Waals surface area contributed by atoms with Crippen LogP contribution in [0.3, 0.4) is 0 Å². The number of carbonyl (C=O) groups is 1. The zero-order chi connectivity index (χ0) is 14.3. The summed E-state index contributed by atoms with van der Waals surface area (Å²) in [6.07, 6.45) is 1.06. The Labute approximate surface area is 113 Å². The second-order valence-electron chi connectivity index (χ2n) is 4.65. The maximum absolute atomic E-state index is 13.4. The van der Waals surface area contributed by atoms with Crippen molar-refractivity contribution in [3.63, 3.8) is 0 Å². The van der Waals surface area contributed by atoms with E-state index in [1.165, 1.54) is 13.2 Å². The van der Waals surface area contributed by atoms with Crippen LogP contribution in [-0.4, -0.2) is 19.1 Å². The van der Waals surface area contributed by atoms with Gasteiger partial charge < -0.3 is 15.8 Å². The van der Waals surface area contributed by atoms with E-state index in [4.69, 9.17) is 10.5 Å². The molecule has 1 atom stereocenters. The average molecular weight is 268 g/mol. The van der Waals surface area contributed by atoms with Gasteiger partial charge in [0.2, 0.25) is 5.91 Å². The Morgan fingerprint density at radius 2 is 2.26 bits per heavy atom. The molecule has 1 rings (SSSR count). The molecule has 0 aliphatic rings. The Kier molecular flexibility index (Phi) is 6.45. The molecule has 1 amide bonds. The van der Waals surface area contributed by atoms with Gasteiger partial charge in [-0.1, -0.05) is 6.07 Å². The lowest BCUT2D eigenvalue weighted by Gasteiger charge is -2.09. The lowest BCUT2D eigenvalue weighted by molar-refractivity contribution is -0.121. The number of methoxy groups -OCH3 is 1. The van der Waals surface area contributed by atoms with Crippen LogP contribution >= 0.6 is 0 Å². The molecule has 0 saturated heterocycles. The van der Waals surface area contributed by atoms with Crippen molar-refractivity contribution in [1.82, 2.24) is 5.32 Å². The predicted molar refractivity (Wildman–Crippen MR) is 71.8 cm³/mol. The summed E-state index contributed by atoms with van der Waals surface area (Å²) in [5, 5.41) is 2.79. The van der Waals surface area contributed by atoms with Crippen molar-refractivity contribution in [2.45, 2.75) is 39.0 Å². The number of nitrogens with two attached hydrogens (primary N) is 1. The topological polar surface area (TPSA) is 64.3 Å². The molecule has 0 spiro atoms. The van der Waals surface area contributed by atoms with E-state index in [-0.39, 0.29) is 24.4 Å². The van der Waals surface area contributed by atoms with Gasteiger partial charge in [0.05, 0.1) is 6.61 Å². The van der Waals surface area contributed by atoms with Crippen LogP contribution < -0.4 is 11.1 Å². The largest absolute Gasteiger partial charge is 0.380 e. The number of hydrogen-bond acceptors (Lipinski definition) is 3. The molecule has 0 aliphatic heterocycles. The normalized spacial score (nSPS) is 12.2. The minimum absolute atomic E-state index is 0.0184. The number of amides is 1. The molecule has 0 bridgehead atoms. The number of hydrogen-bond donors (Lipinski definition) is 2. The summed E-state index contributed by atoms with van der Waals surface area (Å²) >= 11 is 0. The van der Waals surface area contributed by atoms with Gasteiger partial charge in [0.25, 0.3) is 0 Å². The second kappa shape index (κ2) is 7.86. The Morgan fingerprint density at radius 1 is 1.53 bits per heavy atom. The fraction of sp³-hybridized carbons (Fsp3) is 0.500. The average Bonchev–Trinajstić information content (AvgIpc) is 2.37. The van der Waals surface area contributed by atoms with Crippen molar-refractivity contribution in [3.8, 4) is 0 Å².